The van der Waals surface area contributed by atoms with E-state index in [1.165, 1.54) is 0 Å². The van der Waals surface area contributed by atoms with E-state index in [2.05, 4.69) is 21.3 Å². The zero-order chi connectivity index (χ0) is 41.0. The van der Waals surface area contributed by atoms with Gasteiger partial charge in [0.1, 0.15) is 36.3 Å². The summed E-state index contributed by atoms with van der Waals surface area (Å²) in [6.07, 6.45) is -8.41. The van der Waals surface area contributed by atoms with Gasteiger partial charge in [-0.3, -0.25) is 47.9 Å². The summed E-state index contributed by atoms with van der Waals surface area (Å²) in [5.74, 6) is -15.1. The molecule has 0 aromatic carbocycles. The predicted molar refractivity (Wildman–Crippen MR) is 171 cm³/mol. The molecule has 53 heavy (non-hydrogen) atoms. The van der Waals surface area contributed by atoms with Gasteiger partial charge in [0.2, 0.25) is 29.5 Å². The van der Waals surface area contributed by atoms with E-state index < -0.39 is 172 Å². The molecule has 298 valence electrons. The Balaban J connectivity index is 6.41. The molecule has 0 fully saturated rings. The van der Waals surface area contributed by atoms with Crippen LogP contribution in [0, 0.1) is 0 Å². The fourth-order valence-electron chi connectivity index (χ4n) is 4.25. The van der Waals surface area contributed by atoms with Crippen LogP contribution in [-0.4, -0.2) is 143 Å². The molecule has 0 heterocycles. The van der Waals surface area contributed by atoms with E-state index in [1.807, 2.05) is 5.32 Å². The number of hydrogen-bond acceptors (Lipinski definition) is 13. The number of carbonyl (C=O) groups is 11. The number of hydrogen-bond donors (Lipinski definition) is 13. The smallest absolute Gasteiger partial charge is 0.326 e. The van der Waals surface area contributed by atoms with Crippen LogP contribution in [0.15, 0.2) is 0 Å². The Labute approximate surface area is 299 Å². The number of aliphatic carboxylic acids is 6. The minimum Gasteiger partial charge on any atom is -0.481 e. The highest BCUT2D eigenvalue weighted by Gasteiger charge is 2.34. The number of rotatable bonds is 27. The van der Waals surface area contributed by atoms with E-state index in [0.717, 1.165) is 6.92 Å². The molecule has 0 bridgehead atoms. The molecule has 24 nitrogen and oxygen atoms in total. The van der Waals surface area contributed by atoms with Gasteiger partial charge in [-0.05, 0) is 39.0 Å². The molecule has 0 radical (unpaired) electrons. The first-order valence-electron chi connectivity index (χ1n) is 15.8. The van der Waals surface area contributed by atoms with Crippen molar-refractivity contribution in [2.24, 2.45) is 5.73 Å². The van der Waals surface area contributed by atoms with E-state index in [9.17, 15) is 73.2 Å². The van der Waals surface area contributed by atoms with E-state index in [-0.39, 0.29) is 0 Å². The standard InChI is InChI=1S/C29H44N6O18/c1-12(36)23(30)28(51)34-16(5-10-21(43)44)26(49)32-14(3-8-19(39)40)24(47)31-13(2-7-18(37)38)25(48)33-15(4-9-20(41)42)27(50)35-17(29(52)53)6-11-22(45)46/h12-17,23,36H,2-11,30H2,1H3,(H,31,47)(H,32,49)(H,33,48)(H,34,51)(H,35,50)(H,37,38)(H,39,40)(H,41,42)(H,43,44)(H,45,46)(H,52,53)/t12-,13+,14+,15+,16+,17+,23+/m1/s1. The van der Waals surface area contributed by atoms with Gasteiger partial charge in [0, 0.05) is 32.1 Å². The third-order valence-electron chi connectivity index (χ3n) is 7.20. The Morgan fingerprint density at radius 1 is 0.415 bits per heavy atom. The Hall–Kier alpha value is -5.91. The maximum absolute atomic E-state index is 13.4. The second-order valence-electron chi connectivity index (χ2n) is 11.6. The van der Waals surface area contributed by atoms with Crippen LogP contribution in [0.2, 0.25) is 0 Å². The van der Waals surface area contributed by atoms with Crippen LogP contribution in [0.25, 0.3) is 0 Å². The second-order valence-corrected chi connectivity index (χ2v) is 11.6. The van der Waals surface area contributed by atoms with Gasteiger partial charge in [-0.2, -0.15) is 0 Å². The quantitative estimate of drug-likeness (QED) is 0.0375. The normalized spacial score (nSPS) is 14.7. The number of nitrogens with two attached hydrogens (primary N) is 1. The number of amides is 5. The lowest BCUT2D eigenvalue weighted by atomic mass is 10.0. The molecule has 0 aliphatic rings. The van der Waals surface area contributed by atoms with Crippen molar-refractivity contribution in [1.29, 1.82) is 0 Å². The van der Waals surface area contributed by atoms with E-state index in [0.29, 0.717) is 0 Å². The van der Waals surface area contributed by atoms with Crippen molar-refractivity contribution in [1.82, 2.24) is 26.6 Å². The molecule has 7 atom stereocenters. The SMILES string of the molecule is C[C@@H](O)[C@H](N)C(=O)N[C@@H](CCC(=O)O)C(=O)N[C@@H](CCC(=O)O)C(=O)N[C@@H](CCC(=O)O)C(=O)N[C@@H](CCC(=O)O)C(=O)N[C@@H](CCC(=O)O)C(=O)O. The summed E-state index contributed by atoms with van der Waals surface area (Å²) in [5.41, 5.74) is 5.55. The minimum absolute atomic E-state index is 0.574. The van der Waals surface area contributed by atoms with Gasteiger partial charge in [-0.25, -0.2) is 4.79 Å². The van der Waals surface area contributed by atoms with Crippen molar-refractivity contribution >= 4 is 65.4 Å². The molecule has 0 saturated carbocycles. The number of nitrogens with one attached hydrogen (secondary N) is 5. The summed E-state index contributed by atoms with van der Waals surface area (Å²) >= 11 is 0. The molecule has 0 rings (SSSR count). The van der Waals surface area contributed by atoms with Crippen molar-refractivity contribution in [3.63, 3.8) is 0 Å². The Kier molecular flexibility index (Phi) is 20.9. The summed E-state index contributed by atoms with van der Waals surface area (Å²) in [6.45, 7) is 1.15. The third-order valence-corrected chi connectivity index (χ3v) is 7.20. The first-order valence-corrected chi connectivity index (χ1v) is 15.8. The molecular formula is C29H44N6O18. The van der Waals surface area contributed by atoms with Crippen molar-refractivity contribution in [2.45, 2.75) is 113 Å². The summed E-state index contributed by atoms with van der Waals surface area (Å²) in [7, 11) is 0. The van der Waals surface area contributed by atoms with Crippen LogP contribution < -0.4 is 32.3 Å². The summed E-state index contributed by atoms with van der Waals surface area (Å²) in [6, 6.07) is -10.6. The molecule has 0 aliphatic carbocycles. The molecule has 24 heteroatoms. The van der Waals surface area contributed by atoms with Gasteiger partial charge in [0.05, 0.1) is 6.10 Å². The molecule has 5 amide bonds. The van der Waals surface area contributed by atoms with Crippen molar-refractivity contribution in [2.75, 3.05) is 0 Å². The Morgan fingerprint density at radius 2 is 0.623 bits per heavy atom. The number of carboxylic acids is 6. The number of aliphatic hydroxyl groups is 1. The average Bonchev–Trinajstić information content (AvgIpc) is 3.05. The van der Waals surface area contributed by atoms with Gasteiger partial charge < -0.3 is 68.1 Å². The van der Waals surface area contributed by atoms with E-state index in [1.54, 1.807) is 0 Å². The monoisotopic (exact) mass is 764 g/mol. The van der Waals surface area contributed by atoms with E-state index >= 15 is 0 Å². The van der Waals surface area contributed by atoms with Crippen LogP contribution in [0.4, 0.5) is 0 Å². The molecule has 0 unspecified atom stereocenters. The highest BCUT2D eigenvalue weighted by atomic mass is 16.4. The molecule has 14 N–H and O–H groups in total. The molecule has 0 spiro atoms. The first-order chi connectivity index (χ1) is 24.5. The molecule has 0 aromatic heterocycles. The maximum atomic E-state index is 13.4. The maximum Gasteiger partial charge on any atom is 0.326 e. The number of aliphatic hydroxyl groups excluding tert-OH is 1. The van der Waals surface area contributed by atoms with Crippen LogP contribution in [0.1, 0.15) is 71.1 Å². The van der Waals surface area contributed by atoms with Crippen molar-refractivity contribution in [3.8, 4) is 0 Å². The fraction of sp³-hybridized carbons (Fsp3) is 0.621. The average molecular weight is 765 g/mol. The zero-order valence-corrected chi connectivity index (χ0v) is 28.3. The minimum atomic E-state index is -1.88. The largest absolute Gasteiger partial charge is 0.481 e. The summed E-state index contributed by atoms with van der Waals surface area (Å²) < 4.78 is 0. The molecule has 0 aromatic rings. The van der Waals surface area contributed by atoms with Crippen LogP contribution in [0.3, 0.4) is 0 Å². The van der Waals surface area contributed by atoms with Crippen LogP contribution in [0.5, 0.6) is 0 Å². The van der Waals surface area contributed by atoms with Crippen molar-refractivity contribution < 1.29 is 88.5 Å². The molecule has 0 aliphatic heterocycles. The number of carbonyl (C=O) groups excluding carboxylic acids is 5. The molecule has 0 saturated heterocycles. The van der Waals surface area contributed by atoms with Gasteiger partial charge in [-0.1, -0.05) is 0 Å². The van der Waals surface area contributed by atoms with Crippen LogP contribution >= 0.6 is 0 Å². The second kappa shape index (κ2) is 23.5. The van der Waals surface area contributed by atoms with Gasteiger partial charge in [0.25, 0.3) is 0 Å². The third kappa shape index (κ3) is 19.9. The predicted octanol–water partition coefficient (Wildman–Crippen LogP) is -4.47. The highest BCUT2D eigenvalue weighted by molar-refractivity contribution is 5.97. The summed E-state index contributed by atoms with van der Waals surface area (Å²) in [4.78, 5) is 133. The first kappa shape index (κ1) is 47.1. The van der Waals surface area contributed by atoms with E-state index in [4.69, 9.17) is 21.1 Å². The lowest BCUT2D eigenvalue weighted by Crippen LogP contribution is -2.59. The summed E-state index contributed by atoms with van der Waals surface area (Å²) in [5, 5.41) is 74.8. The Morgan fingerprint density at radius 3 is 0.830 bits per heavy atom. The van der Waals surface area contributed by atoms with Crippen LogP contribution in [-0.2, 0) is 52.7 Å². The number of carboxylic acid groups (broad SMARTS) is 6. The Bertz CT molecular complexity index is 1390. The van der Waals surface area contributed by atoms with Crippen molar-refractivity contribution in [3.05, 3.63) is 0 Å². The van der Waals surface area contributed by atoms with Gasteiger partial charge >= 0.3 is 35.8 Å². The molecular weight excluding hydrogens is 720 g/mol. The topological polar surface area (TPSA) is 416 Å². The zero-order valence-electron chi connectivity index (χ0n) is 28.3. The highest BCUT2D eigenvalue weighted by Crippen LogP contribution is 2.09. The van der Waals surface area contributed by atoms with Gasteiger partial charge in [0.15, 0.2) is 0 Å². The fourth-order valence-corrected chi connectivity index (χ4v) is 4.25. The van der Waals surface area contributed by atoms with Gasteiger partial charge in [-0.15, -0.1) is 0 Å². The lowest BCUT2D eigenvalue weighted by molar-refractivity contribution is -0.144. The lowest BCUT2D eigenvalue weighted by Gasteiger charge is -2.27.